The highest BCUT2D eigenvalue weighted by atomic mass is 79.9. The molecule has 0 fully saturated rings. The Hall–Kier alpha value is -1.00. The van der Waals surface area contributed by atoms with Crippen LogP contribution < -0.4 is 5.73 Å². The lowest BCUT2D eigenvalue weighted by Crippen LogP contribution is -2.10. The molecule has 1 aromatic heterocycles. The summed E-state index contributed by atoms with van der Waals surface area (Å²) in [6.07, 6.45) is 1.73. The van der Waals surface area contributed by atoms with Crippen LogP contribution in [-0.4, -0.2) is 9.97 Å². The highest BCUT2D eigenvalue weighted by molar-refractivity contribution is 9.10. The van der Waals surface area contributed by atoms with Crippen LogP contribution >= 0.6 is 28.1 Å². The Morgan fingerprint density at radius 1 is 1.36 bits per heavy atom. The maximum atomic E-state index is 5.61. The third-order valence-electron chi connectivity index (χ3n) is 1.98. The summed E-state index contributed by atoms with van der Waals surface area (Å²) in [4.78, 5) is 4.64. The van der Waals surface area contributed by atoms with Crippen molar-refractivity contribution < 1.29 is 0 Å². The first kappa shape index (κ1) is 9.55. The third-order valence-corrected chi connectivity index (χ3v) is 2.89. The number of hydrogen-bond donors (Lipinski definition) is 1. The predicted molar refractivity (Wildman–Crippen MR) is 65.3 cm³/mol. The van der Waals surface area contributed by atoms with E-state index in [1.165, 1.54) is 0 Å². The summed E-state index contributed by atoms with van der Waals surface area (Å²) in [5.74, 6) is 0. The van der Waals surface area contributed by atoms with Crippen molar-refractivity contribution in [3.63, 3.8) is 0 Å². The molecule has 4 heteroatoms. The number of thiocarbonyl (C=S) groups is 1. The Balaban J connectivity index is 2.88. The van der Waals surface area contributed by atoms with E-state index in [4.69, 9.17) is 18.0 Å². The SMILES string of the molecule is NC(=S)c1ccc(Br)c2cccnc12. The van der Waals surface area contributed by atoms with E-state index in [0.717, 1.165) is 20.9 Å². The standard InChI is InChI=1S/C10H7BrN2S/c11-8-4-3-7(10(12)14)9-6(8)2-1-5-13-9/h1-5H,(H2,12,14). The van der Waals surface area contributed by atoms with Gasteiger partial charge in [-0.3, -0.25) is 4.98 Å². The minimum absolute atomic E-state index is 0.376. The maximum absolute atomic E-state index is 5.61. The van der Waals surface area contributed by atoms with Crippen LogP contribution in [-0.2, 0) is 0 Å². The fourth-order valence-corrected chi connectivity index (χ4v) is 1.95. The quantitative estimate of drug-likeness (QED) is 0.807. The van der Waals surface area contributed by atoms with E-state index in [1.54, 1.807) is 6.20 Å². The number of hydrogen-bond acceptors (Lipinski definition) is 2. The van der Waals surface area contributed by atoms with Crippen LogP contribution in [0.1, 0.15) is 5.56 Å². The minimum Gasteiger partial charge on any atom is -0.389 e. The van der Waals surface area contributed by atoms with Crippen LogP contribution in [0.2, 0.25) is 0 Å². The largest absolute Gasteiger partial charge is 0.389 e. The molecule has 2 nitrogen and oxygen atoms in total. The molecule has 0 spiro atoms. The topological polar surface area (TPSA) is 38.9 Å². The van der Waals surface area contributed by atoms with Crippen LogP contribution in [0.4, 0.5) is 0 Å². The van der Waals surface area contributed by atoms with E-state index < -0.39 is 0 Å². The molecule has 1 heterocycles. The normalized spacial score (nSPS) is 10.4. The van der Waals surface area contributed by atoms with Gasteiger partial charge in [-0.1, -0.05) is 34.2 Å². The zero-order chi connectivity index (χ0) is 10.1. The van der Waals surface area contributed by atoms with Crippen LogP contribution in [0, 0.1) is 0 Å². The number of benzene rings is 1. The fraction of sp³-hybridized carbons (Fsp3) is 0. The first-order valence-corrected chi connectivity index (χ1v) is 5.23. The molecule has 2 N–H and O–H groups in total. The van der Waals surface area contributed by atoms with E-state index in [-0.39, 0.29) is 0 Å². The van der Waals surface area contributed by atoms with Crippen LogP contribution in [0.3, 0.4) is 0 Å². The summed E-state index contributed by atoms with van der Waals surface area (Å²) in [6.45, 7) is 0. The maximum Gasteiger partial charge on any atom is 0.106 e. The zero-order valence-electron chi connectivity index (χ0n) is 7.20. The van der Waals surface area contributed by atoms with Crippen molar-refractivity contribution >= 4 is 44.0 Å². The van der Waals surface area contributed by atoms with Crippen LogP contribution in [0.25, 0.3) is 10.9 Å². The number of pyridine rings is 1. The monoisotopic (exact) mass is 266 g/mol. The van der Waals surface area contributed by atoms with Crippen molar-refractivity contribution in [3.8, 4) is 0 Å². The minimum atomic E-state index is 0.376. The van der Waals surface area contributed by atoms with Gasteiger partial charge in [-0.15, -0.1) is 0 Å². The molecule has 0 bridgehead atoms. The average Bonchev–Trinajstić information content (AvgIpc) is 2.18. The van der Waals surface area contributed by atoms with E-state index in [1.807, 2.05) is 24.3 Å². The second-order valence-corrected chi connectivity index (χ2v) is 4.15. The molecule has 0 amide bonds. The first-order valence-electron chi connectivity index (χ1n) is 4.03. The lowest BCUT2D eigenvalue weighted by atomic mass is 10.1. The molecule has 0 saturated carbocycles. The van der Waals surface area contributed by atoms with Gasteiger partial charge in [-0.05, 0) is 18.2 Å². The lowest BCUT2D eigenvalue weighted by molar-refractivity contribution is 1.40. The molecule has 14 heavy (non-hydrogen) atoms. The van der Waals surface area contributed by atoms with Gasteiger partial charge in [0.2, 0.25) is 0 Å². The highest BCUT2D eigenvalue weighted by Gasteiger charge is 2.06. The van der Waals surface area contributed by atoms with E-state index in [0.29, 0.717) is 4.99 Å². The predicted octanol–water partition coefficient (Wildman–Crippen LogP) is 2.63. The molecule has 0 saturated heterocycles. The Morgan fingerprint density at radius 2 is 2.14 bits per heavy atom. The molecule has 0 unspecified atom stereocenters. The average molecular weight is 267 g/mol. The van der Waals surface area contributed by atoms with Crippen molar-refractivity contribution in [1.82, 2.24) is 4.98 Å². The number of nitrogens with two attached hydrogens (primary N) is 1. The van der Waals surface area contributed by atoms with Crippen molar-refractivity contribution in [2.45, 2.75) is 0 Å². The Kier molecular flexibility index (Phi) is 2.48. The van der Waals surface area contributed by atoms with Crippen molar-refractivity contribution in [3.05, 3.63) is 40.5 Å². The highest BCUT2D eigenvalue weighted by Crippen LogP contribution is 2.24. The Labute approximate surface area is 95.3 Å². The zero-order valence-corrected chi connectivity index (χ0v) is 9.60. The second-order valence-electron chi connectivity index (χ2n) is 2.86. The molecular formula is C10H7BrN2S. The number of fused-ring (bicyclic) bond motifs is 1. The molecular weight excluding hydrogens is 260 g/mol. The van der Waals surface area contributed by atoms with Crippen LogP contribution in [0.15, 0.2) is 34.9 Å². The van der Waals surface area contributed by atoms with Crippen molar-refractivity contribution in [2.24, 2.45) is 5.73 Å². The van der Waals surface area contributed by atoms with E-state index in [9.17, 15) is 0 Å². The van der Waals surface area contributed by atoms with E-state index >= 15 is 0 Å². The summed E-state index contributed by atoms with van der Waals surface area (Å²) < 4.78 is 1.00. The Morgan fingerprint density at radius 3 is 2.86 bits per heavy atom. The van der Waals surface area contributed by atoms with Gasteiger partial charge in [0, 0.05) is 21.6 Å². The van der Waals surface area contributed by atoms with Gasteiger partial charge < -0.3 is 5.73 Å². The van der Waals surface area contributed by atoms with Gasteiger partial charge in [0.05, 0.1) is 5.52 Å². The van der Waals surface area contributed by atoms with Gasteiger partial charge >= 0.3 is 0 Å². The summed E-state index contributed by atoms with van der Waals surface area (Å²) in [5.41, 5.74) is 7.27. The molecule has 0 aliphatic carbocycles. The molecule has 0 aliphatic rings. The van der Waals surface area contributed by atoms with Gasteiger partial charge in [0.25, 0.3) is 0 Å². The smallest absolute Gasteiger partial charge is 0.106 e. The number of aromatic nitrogens is 1. The van der Waals surface area contributed by atoms with Crippen molar-refractivity contribution in [2.75, 3.05) is 0 Å². The van der Waals surface area contributed by atoms with E-state index in [2.05, 4.69) is 20.9 Å². The number of rotatable bonds is 1. The summed E-state index contributed by atoms with van der Waals surface area (Å²) in [7, 11) is 0. The van der Waals surface area contributed by atoms with Crippen LogP contribution in [0.5, 0.6) is 0 Å². The molecule has 1 aromatic carbocycles. The van der Waals surface area contributed by atoms with Gasteiger partial charge in [0.1, 0.15) is 4.99 Å². The first-order chi connectivity index (χ1) is 6.70. The number of halogens is 1. The summed E-state index contributed by atoms with van der Waals surface area (Å²) >= 11 is 8.41. The Bertz CT molecular complexity index is 510. The number of nitrogens with zero attached hydrogens (tertiary/aromatic N) is 1. The molecule has 2 rings (SSSR count). The van der Waals surface area contributed by atoms with Gasteiger partial charge in [-0.2, -0.15) is 0 Å². The fourth-order valence-electron chi connectivity index (χ4n) is 1.34. The molecule has 0 radical (unpaired) electrons. The summed E-state index contributed by atoms with van der Waals surface area (Å²) in [6, 6.07) is 7.67. The second kappa shape index (κ2) is 3.63. The van der Waals surface area contributed by atoms with Gasteiger partial charge in [0.15, 0.2) is 0 Å². The summed E-state index contributed by atoms with van der Waals surface area (Å²) in [5, 5.41) is 1.03. The lowest BCUT2D eigenvalue weighted by Gasteiger charge is -2.04. The molecule has 0 aliphatic heterocycles. The molecule has 70 valence electrons. The van der Waals surface area contributed by atoms with Crippen molar-refractivity contribution in [1.29, 1.82) is 0 Å². The third kappa shape index (κ3) is 1.51. The molecule has 0 atom stereocenters. The van der Waals surface area contributed by atoms with Gasteiger partial charge in [-0.25, -0.2) is 0 Å². The molecule has 2 aromatic rings.